The molecule has 1 aliphatic rings. The van der Waals surface area contributed by atoms with E-state index in [1.807, 2.05) is 6.07 Å². The Kier molecular flexibility index (Phi) is 2.27. The number of rotatable bonds is 1. The molecular formula is C11H16O2Si. The molecule has 1 aromatic carbocycles. The van der Waals surface area contributed by atoms with E-state index in [-0.39, 0.29) is 0 Å². The van der Waals surface area contributed by atoms with Crippen LogP contribution in [0.1, 0.15) is 0 Å². The molecule has 0 spiro atoms. The number of fused-ring (bicyclic) bond motifs is 1. The van der Waals surface area contributed by atoms with Crippen LogP contribution in [0.15, 0.2) is 18.2 Å². The fourth-order valence-electron chi connectivity index (χ4n) is 1.51. The summed E-state index contributed by atoms with van der Waals surface area (Å²) in [5, 5.41) is 1.42. The Balaban J connectivity index is 2.39. The minimum absolute atomic E-state index is 0.666. The second-order valence-electron chi connectivity index (χ2n) is 4.61. The third-order valence-electron chi connectivity index (χ3n) is 2.41. The van der Waals surface area contributed by atoms with Crippen molar-refractivity contribution in [3.63, 3.8) is 0 Å². The zero-order valence-corrected chi connectivity index (χ0v) is 9.96. The van der Waals surface area contributed by atoms with Gasteiger partial charge < -0.3 is 9.47 Å². The number of benzene rings is 1. The van der Waals surface area contributed by atoms with Gasteiger partial charge in [0.2, 0.25) is 0 Å². The summed E-state index contributed by atoms with van der Waals surface area (Å²) in [7, 11) is -1.23. The van der Waals surface area contributed by atoms with Gasteiger partial charge in [-0.2, -0.15) is 0 Å². The largest absolute Gasteiger partial charge is 0.486 e. The van der Waals surface area contributed by atoms with Crippen molar-refractivity contribution in [2.24, 2.45) is 0 Å². The topological polar surface area (TPSA) is 18.5 Å². The van der Waals surface area contributed by atoms with Crippen LogP contribution in [-0.2, 0) is 0 Å². The van der Waals surface area contributed by atoms with Crippen LogP contribution in [-0.4, -0.2) is 21.3 Å². The molecule has 1 aliphatic heterocycles. The maximum Gasteiger partial charge on any atom is 0.161 e. The van der Waals surface area contributed by atoms with Gasteiger partial charge in [0.15, 0.2) is 11.5 Å². The van der Waals surface area contributed by atoms with Gasteiger partial charge in [-0.15, -0.1) is 0 Å². The highest BCUT2D eigenvalue weighted by Crippen LogP contribution is 2.28. The van der Waals surface area contributed by atoms with Crippen molar-refractivity contribution >= 4 is 13.3 Å². The summed E-state index contributed by atoms with van der Waals surface area (Å²) in [4.78, 5) is 0. The van der Waals surface area contributed by atoms with Crippen molar-refractivity contribution in [3.8, 4) is 11.5 Å². The van der Waals surface area contributed by atoms with E-state index in [2.05, 4.69) is 31.8 Å². The standard InChI is InChI=1S/C11H16O2Si/c1-14(2,3)9-4-5-10-11(8-9)13-7-6-12-10/h4-5,8H,6-7H2,1-3H3. The maximum absolute atomic E-state index is 5.56. The maximum atomic E-state index is 5.56. The first-order chi connectivity index (χ1) is 6.57. The SMILES string of the molecule is C[Si](C)(C)c1ccc2c(c1)OCCO2. The van der Waals surface area contributed by atoms with E-state index in [1.165, 1.54) is 5.19 Å². The lowest BCUT2D eigenvalue weighted by atomic mass is 10.3. The first kappa shape index (κ1) is 9.59. The van der Waals surface area contributed by atoms with E-state index < -0.39 is 8.07 Å². The molecule has 2 rings (SSSR count). The Bertz CT molecular complexity index is 342. The van der Waals surface area contributed by atoms with Crippen LogP contribution >= 0.6 is 0 Å². The Morgan fingerprint density at radius 3 is 2.29 bits per heavy atom. The molecule has 0 bridgehead atoms. The van der Waals surface area contributed by atoms with Gasteiger partial charge in [-0.1, -0.05) is 30.9 Å². The van der Waals surface area contributed by atoms with Crippen molar-refractivity contribution in [2.75, 3.05) is 13.2 Å². The van der Waals surface area contributed by atoms with Crippen LogP contribution < -0.4 is 14.7 Å². The molecule has 14 heavy (non-hydrogen) atoms. The molecule has 0 unspecified atom stereocenters. The van der Waals surface area contributed by atoms with Gasteiger partial charge in [0.1, 0.15) is 13.2 Å². The summed E-state index contributed by atoms with van der Waals surface area (Å²) < 4.78 is 11.0. The van der Waals surface area contributed by atoms with Gasteiger partial charge in [0.25, 0.3) is 0 Å². The molecular weight excluding hydrogens is 192 g/mol. The van der Waals surface area contributed by atoms with E-state index >= 15 is 0 Å². The van der Waals surface area contributed by atoms with Crippen LogP contribution in [0.3, 0.4) is 0 Å². The third-order valence-corrected chi connectivity index (χ3v) is 4.45. The van der Waals surface area contributed by atoms with Gasteiger partial charge in [-0.25, -0.2) is 0 Å². The summed E-state index contributed by atoms with van der Waals surface area (Å²) in [5.41, 5.74) is 0. The highest BCUT2D eigenvalue weighted by Gasteiger charge is 2.19. The molecule has 0 atom stereocenters. The van der Waals surface area contributed by atoms with Crippen molar-refractivity contribution in [1.82, 2.24) is 0 Å². The molecule has 0 saturated carbocycles. The Morgan fingerprint density at radius 1 is 1.00 bits per heavy atom. The van der Waals surface area contributed by atoms with E-state index in [9.17, 15) is 0 Å². The van der Waals surface area contributed by atoms with Crippen LogP contribution in [0.5, 0.6) is 11.5 Å². The molecule has 0 aliphatic carbocycles. The Morgan fingerprint density at radius 2 is 1.64 bits per heavy atom. The van der Waals surface area contributed by atoms with Crippen LogP contribution in [0.2, 0.25) is 19.6 Å². The smallest absolute Gasteiger partial charge is 0.161 e. The van der Waals surface area contributed by atoms with E-state index in [0.29, 0.717) is 13.2 Å². The predicted molar refractivity (Wildman–Crippen MR) is 60.4 cm³/mol. The van der Waals surface area contributed by atoms with Gasteiger partial charge in [0.05, 0.1) is 8.07 Å². The molecule has 1 heterocycles. The van der Waals surface area contributed by atoms with E-state index in [0.717, 1.165) is 11.5 Å². The molecule has 0 saturated heterocycles. The second kappa shape index (κ2) is 3.31. The molecule has 2 nitrogen and oxygen atoms in total. The minimum atomic E-state index is -1.23. The minimum Gasteiger partial charge on any atom is -0.486 e. The molecule has 1 aromatic rings. The highest BCUT2D eigenvalue weighted by molar-refractivity contribution is 6.88. The highest BCUT2D eigenvalue weighted by atomic mass is 28.3. The van der Waals surface area contributed by atoms with E-state index in [4.69, 9.17) is 9.47 Å². The molecule has 0 fully saturated rings. The van der Waals surface area contributed by atoms with Gasteiger partial charge >= 0.3 is 0 Å². The average Bonchev–Trinajstić information content (AvgIpc) is 2.16. The van der Waals surface area contributed by atoms with Crippen molar-refractivity contribution < 1.29 is 9.47 Å². The fraction of sp³-hybridized carbons (Fsp3) is 0.455. The zero-order chi connectivity index (χ0) is 10.2. The quantitative estimate of drug-likeness (QED) is 0.657. The van der Waals surface area contributed by atoms with Gasteiger partial charge in [0, 0.05) is 0 Å². The molecule has 0 amide bonds. The monoisotopic (exact) mass is 208 g/mol. The predicted octanol–water partition coefficient (Wildman–Crippen LogP) is 2.00. The van der Waals surface area contributed by atoms with Gasteiger partial charge in [-0.05, 0) is 12.1 Å². The Hall–Kier alpha value is -0.963. The van der Waals surface area contributed by atoms with Crippen molar-refractivity contribution in [2.45, 2.75) is 19.6 Å². The molecule has 76 valence electrons. The first-order valence-corrected chi connectivity index (χ1v) is 8.47. The van der Waals surface area contributed by atoms with Gasteiger partial charge in [-0.3, -0.25) is 0 Å². The lowest BCUT2D eigenvalue weighted by Crippen LogP contribution is -2.37. The number of ether oxygens (including phenoxy) is 2. The summed E-state index contributed by atoms with van der Waals surface area (Å²) >= 11 is 0. The summed E-state index contributed by atoms with van der Waals surface area (Å²) in [6, 6.07) is 6.34. The first-order valence-electron chi connectivity index (χ1n) is 4.97. The molecule has 0 radical (unpaired) electrons. The number of hydrogen-bond donors (Lipinski definition) is 0. The normalized spacial score (nSPS) is 15.4. The second-order valence-corrected chi connectivity index (χ2v) is 9.69. The molecule has 3 heteroatoms. The lowest BCUT2D eigenvalue weighted by molar-refractivity contribution is 0.172. The van der Waals surface area contributed by atoms with Crippen LogP contribution in [0, 0.1) is 0 Å². The van der Waals surface area contributed by atoms with Crippen LogP contribution in [0.25, 0.3) is 0 Å². The summed E-state index contributed by atoms with van der Waals surface area (Å²) in [5.74, 6) is 1.80. The molecule has 0 aromatic heterocycles. The van der Waals surface area contributed by atoms with Crippen LogP contribution in [0.4, 0.5) is 0 Å². The summed E-state index contributed by atoms with van der Waals surface area (Å²) in [6.45, 7) is 8.33. The Labute approximate surface area is 85.9 Å². The summed E-state index contributed by atoms with van der Waals surface area (Å²) in [6.07, 6.45) is 0. The van der Waals surface area contributed by atoms with Crippen molar-refractivity contribution in [1.29, 1.82) is 0 Å². The third kappa shape index (κ3) is 1.77. The van der Waals surface area contributed by atoms with E-state index in [1.54, 1.807) is 0 Å². The average molecular weight is 208 g/mol. The fourth-order valence-corrected chi connectivity index (χ4v) is 2.66. The zero-order valence-electron chi connectivity index (χ0n) is 8.96. The lowest BCUT2D eigenvalue weighted by Gasteiger charge is -2.22. The number of hydrogen-bond acceptors (Lipinski definition) is 2. The molecule has 0 N–H and O–H groups in total. The van der Waals surface area contributed by atoms with Crippen molar-refractivity contribution in [3.05, 3.63) is 18.2 Å².